The van der Waals surface area contributed by atoms with Crippen molar-refractivity contribution in [1.29, 1.82) is 0 Å². The van der Waals surface area contributed by atoms with Crippen LogP contribution in [0.2, 0.25) is 0 Å². The first-order chi connectivity index (χ1) is 10.7. The smallest absolute Gasteiger partial charge is 0.369 e. The standard InChI is InChI=1S/C10H14N5O3P.HO3P/c11-10(12-5-6-19(16,17)18)14-15-7-13-8-3-1-2-4-9(8)15;1-4(2)3/h1-4,7H,5-6H2,(H3,11,12,14)(H2,16,17,18);(H-,1,2,3)/p+1. The largest absolute Gasteiger partial charge is 0.692 e. The van der Waals surface area contributed by atoms with Crippen LogP contribution in [0.1, 0.15) is 0 Å². The Kier molecular flexibility index (Phi) is 7.24. The molecule has 0 fully saturated rings. The van der Waals surface area contributed by atoms with Gasteiger partial charge in [0.25, 0.3) is 0 Å². The molecule has 2 rings (SSSR count). The molecular formula is C10H16N5O6P2+. The fourth-order valence-electron chi connectivity index (χ4n) is 1.51. The van der Waals surface area contributed by atoms with Gasteiger partial charge >= 0.3 is 15.9 Å². The molecule has 0 saturated carbocycles. The fraction of sp³-hybridized carbons (Fsp3) is 0.200. The molecule has 0 saturated heterocycles. The van der Waals surface area contributed by atoms with Gasteiger partial charge in [-0.15, -0.1) is 9.79 Å². The molecule has 11 nitrogen and oxygen atoms in total. The Morgan fingerprint density at radius 1 is 1.39 bits per heavy atom. The average Bonchev–Trinajstić information content (AvgIpc) is 2.80. The highest BCUT2D eigenvalue weighted by atomic mass is 31.2. The van der Waals surface area contributed by atoms with E-state index in [1.54, 1.807) is 11.0 Å². The van der Waals surface area contributed by atoms with Gasteiger partial charge in [0.2, 0.25) is 5.96 Å². The van der Waals surface area contributed by atoms with E-state index in [1.807, 2.05) is 24.3 Å². The Balaban J connectivity index is 0.000000593. The van der Waals surface area contributed by atoms with E-state index >= 15 is 0 Å². The highest BCUT2D eigenvalue weighted by Gasteiger charge is 2.11. The monoisotopic (exact) mass is 364 g/mol. The molecular weight excluding hydrogens is 348 g/mol. The first-order valence-electron chi connectivity index (χ1n) is 6.07. The van der Waals surface area contributed by atoms with Crippen molar-refractivity contribution < 1.29 is 28.7 Å². The summed E-state index contributed by atoms with van der Waals surface area (Å²) < 4.78 is 20.9. The predicted octanol–water partition coefficient (Wildman–Crippen LogP) is -0.299. The van der Waals surface area contributed by atoms with E-state index < -0.39 is 15.9 Å². The zero-order valence-electron chi connectivity index (χ0n) is 11.7. The molecule has 1 aromatic heterocycles. The van der Waals surface area contributed by atoms with Crippen LogP contribution in [0.5, 0.6) is 0 Å². The lowest BCUT2D eigenvalue weighted by Crippen LogP contribution is -2.30. The summed E-state index contributed by atoms with van der Waals surface area (Å²) in [5.41, 5.74) is 10.0. The van der Waals surface area contributed by atoms with Gasteiger partial charge in [0.1, 0.15) is 6.33 Å². The minimum atomic E-state index is -4.04. The van der Waals surface area contributed by atoms with Gasteiger partial charge in [0.05, 0.1) is 23.7 Å². The second kappa shape index (κ2) is 8.68. The Bertz CT molecular complexity index is 738. The van der Waals surface area contributed by atoms with Crippen LogP contribution in [0.4, 0.5) is 0 Å². The quantitative estimate of drug-likeness (QED) is 0.241. The molecule has 1 heterocycles. The first kappa shape index (κ1) is 19.2. The molecule has 0 unspecified atom stereocenters. The summed E-state index contributed by atoms with van der Waals surface area (Å²) in [6.45, 7) is -0.0459. The molecule has 1 aromatic carbocycles. The van der Waals surface area contributed by atoms with Crippen LogP contribution >= 0.6 is 15.9 Å². The second-order valence-electron chi connectivity index (χ2n) is 4.12. The van der Waals surface area contributed by atoms with Gasteiger partial charge in [0, 0.05) is 4.57 Å². The fourth-order valence-corrected chi connectivity index (χ4v) is 1.87. The van der Waals surface area contributed by atoms with E-state index in [4.69, 9.17) is 29.9 Å². The number of aliphatic imine (C=N–C) groups is 1. The van der Waals surface area contributed by atoms with Gasteiger partial charge in [-0.2, -0.15) is 0 Å². The lowest BCUT2D eigenvalue weighted by molar-refractivity contribution is 0.373. The summed E-state index contributed by atoms with van der Waals surface area (Å²) in [5.74, 6) is 0.0663. The van der Waals surface area contributed by atoms with Crippen LogP contribution in [-0.2, 0) is 9.13 Å². The number of para-hydroxylation sites is 2. The number of hydrogen-bond acceptors (Lipinski definition) is 4. The van der Waals surface area contributed by atoms with Crippen molar-refractivity contribution in [1.82, 2.24) is 9.66 Å². The van der Waals surface area contributed by atoms with E-state index in [2.05, 4.69) is 15.4 Å². The molecule has 23 heavy (non-hydrogen) atoms. The average molecular weight is 364 g/mol. The maximum atomic E-state index is 10.7. The zero-order chi connectivity index (χ0) is 17.5. The second-order valence-corrected chi connectivity index (χ2v) is 6.41. The maximum Gasteiger partial charge on any atom is 0.692 e. The van der Waals surface area contributed by atoms with Gasteiger partial charge < -0.3 is 15.5 Å². The topological polar surface area (TPSA) is 183 Å². The number of fused-ring (bicyclic) bond motifs is 1. The molecule has 0 amide bonds. The van der Waals surface area contributed by atoms with Gasteiger partial charge in [-0.3, -0.25) is 15.0 Å². The SMILES string of the molecule is NC(=NCCP(=O)(O)O)Nn1cnc2ccccc21.O=[P+](O)O. The molecule has 13 heteroatoms. The number of aromatic nitrogens is 2. The number of rotatable bonds is 4. The highest BCUT2D eigenvalue weighted by Crippen LogP contribution is 2.33. The van der Waals surface area contributed by atoms with Crippen molar-refractivity contribution in [3.05, 3.63) is 30.6 Å². The summed E-state index contributed by atoms with van der Waals surface area (Å²) in [7, 11) is -6.91. The van der Waals surface area contributed by atoms with Gasteiger partial charge in [-0.05, 0) is 12.1 Å². The van der Waals surface area contributed by atoms with Crippen LogP contribution in [0.3, 0.4) is 0 Å². The molecule has 2 aromatic rings. The summed E-state index contributed by atoms with van der Waals surface area (Å²) in [4.78, 5) is 39.6. The Morgan fingerprint density at radius 2 is 2.00 bits per heavy atom. The van der Waals surface area contributed by atoms with E-state index in [1.165, 1.54) is 0 Å². The molecule has 0 radical (unpaired) electrons. The number of guanidine groups is 1. The van der Waals surface area contributed by atoms with Crippen molar-refractivity contribution in [3.63, 3.8) is 0 Å². The molecule has 7 N–H and O–H groups in total. The number of nitrogens with one attached hydrogen (secondary N) is 1. The highest BCUT2D eigenvalue weighted by molar-refractivity contribution is 7.51. The maximum absolute atomic E-state index is 10.7. The van der Waals surface area contributed by atoms with Crippen LogP contribution in [-0.4, -0.2) is 47.9 Å². The van der Waals surface area contributed by atoms with E-state index in [0.29, 0.717) is 0 Å². The van der Waals surface area contributed by atoms with Crippen LogP contribution in [0.25, 0.3) is 11.0 Å². The molecule has 0 aliphatic carbocycles. The number of benzene rings is 1. The molecule has 0 spiro atoms. The first-order valence-corrected chi connectivity index (χ1v) is 9.04. The molecule has 0 bridgehead atoms. The predicted molar refractivity (Wildman–Crippen MR) is 84.5 cm³/mol. The third-order valence-corrected chi connectivity index (χ3v) is 3.14. The van der Waals surface area contributed by atoms with E-state index in [-0.39, 0.29) is 18.7 Å². The lowest BCUT2D eigenvalue weighted by Gasteiger charge is -2.07. The van der Waals surface area contributed by atoms with Crippen molar-refractivity contribution in [2.75, 3.05) is 18.1 Å². The van der Waals surface area contributed by atoms with Gasteiger partial charge in [0.15, 0.2) is 0 Å². The van der Waals surface area contributed by atoms with Crippen molar-refractivity contribution in [2.45, 2.75) is 0 Å². The molecule has 126 valence electrons. The summed E-state index contributed by atoms with van der Waals surface area (Å²) in [5, 5.41) is 0. The van der Waals surface area contributed by atoms with Crippen molar-refractivity contribution in [2.24, 2.45) is 10.7 Å². The Hall–Kier alpha value is -1.87. The number of hydrogen-bond donors (Lipinski definition) is 6. The summed E-state index contributed by atoms with van der Waals surface area (Å²) in [6, 6.07) is 7.45. The van der Waals surface area contributed by atoms with E-state index in [0.717, 1.165) is 11.0 Å². The molecule has 0 atom stereocenters. The Labute approximate surface area is 131 Å². The Morgan fingerprint density at radius 3 is 2.61 bits per heavy atom. The van der Waals surface area contributed by atoms with Crippen molar-refractivity contribution >= 4 is 32.8 Å². The van der Waals surface area contributed by atoms with Crippen LogP contribution < -0.4 is 11.2 Å². The van der Waals surface area contributed by atoms with Gasteiger partial charge in [-0.1, -0.05) is 12.1 Å². The summed E-state index contributed by atoms with van der Waals surface area (Å²) in [6.07, 6.45) is 1.22. The molecule has 0 aliphatic heterocycles. The van der Waals surface area contributed by atoms with E-state index in [9.17, 15) is 4.57 Å². The summed E-state index contributed by atoms with van der Waals surface area (Å²) >= 11 is 0. The number of nitrogens with two attached hydrogens (primary N) is 1. The normalized spacial score (nSPS) is 11.7. The third-order valence-electron chi connectivity index (χ3n) is 2.36. The zero-order valence-corrected chi connectivity index (χ0v) is 13.5. The van der Waals surface area contributed by atoms with Crippen LogP contribution in [0, 0.1) is 0 Å². The number of nitrogens with zero attached hydrogens (tertiary/aromatic N) is 3. The minimum Gasteiger partial charge on any atom is -0.369 e. The number of imidazole rings is 1. The minimum absolute atomic E-state index is 0.0459. The van der Waals surface area contributed by atoms with Crippen molar-refractivity contribution in [3.8, 4) is 0 Å². The molecule has 0 aliphatic rings. The van der Waals surface area contributed by atoms with Crippen LogP contribution in [0.15, 0.2) is 35.6 Å². The third kappa shape index (κ3) is 7.80. The lowest BCUT2D eigenvalue weighted by atomic mass is 10.3. The van der Waals surface area contributed by atoms with Gasteiger partial charge in [-0.25, -0.2) is 9.66 Å².